The first kappa shape index (κ1) is 17.9. The lowest BCUT2D eigenvalue weighted by atomic mass is 9.96. The van der Waals surface area contributed by atoms with Gasteiger partial charge < -0.3 is 15.4 Å². The van der Waals surface area contributed by atoms with Crippen molar-refractivity contribution in [3.05, 3.63) is 29.8 Å². The molecule has 1 aliphatic carbocycles. The molecule has 2 fully saturated rings. The van der Waals surface area contributed by atoms with E-state index in [0.717, 1.165) is 17.7 Å². The zero-order chi connectivity index (χ0) is 18.9. The van der Waals surface area contributed by atoms with Gasteiger partial charge in [-0.05, 0) is 56.9 Å². The Morgan fingerprint density at radius 1 is 1.27 bits per heavy atom. The number of hydrogen-bond donors (Lipinski definition) is 2. The molecule has 1 atom stereocenters. The summed E-state index contributed by atoms with van der Waals surface area (Å²) < 4.78 is 4.89. The van der Waals surface area contributed by atoms with Crippen LogP contribution in [0.3, 0.4) is 0 Å². The topological polar surface area (TPSA) is 105 Å². The molecule has 2 N–H and O–H groups in total. The van der Waals surface area contributed by atoms with Gasteiger partial charge in [0.25, 0.3) is 5.91 Å². The van der Waals surface area contributed by atoms with E-state index in [-0.39, 0.29) is 25.0 Å². The Bertz CT molecular complexity index is 757. The Hall–Kier alpha value is -2.90. The molecule has 1 aromatic carbocycles. The first-order chi connectivity index (χ1) is 12.3. The lowest BCUT2D eigenvalue weighted by Gasteiger charge is -2.20. The molecule has 3 rings (SSSR count). The van der Waals surface area contributed by atoms with E-state index in [1.54, 1.807) is 26.0 Å². The van der Waals surface area contributed by atoms with E-state index in [0.29, 0.717) is 11.3 Å². The largest absolute Gasteiger partial charge is 0.462 e. The monoisotopic (exact) mass is 359 g/mol. The molecular weight excluding hydrogens is 338 g/mol. The maximum Gasteiger partial charge on any atom is 0.338 e. The number of carbonyl (C=O) groups excluding carboxylic acids is 4. The van der Waals surface area contributed by atoms with Gasteiger partial charge in [-0.1, -0.05) is 0 Å². The SMILES string of the molecule is CCOC(=O)c1ccc(NC(=O)CN2C(=O)NC(C)(C3CC3)C2=O)cc1. The first-order valence-corrected chi connectivity index (χ1v) is 8.56. The second-order valence-electron chi connectivity index (χ2n) is 6.64. The van der Waals surface area contributed by atoms with Gasteiger partial charge in [-0.3, -0.25) is 14.5 Å². The normalized spacial score (nSPS) is 22.2. The van der Waals surface area contributed by atoms with E-state index in [4.69, 9.17) is 4.74 Å². The quantitative estimate of drug-likeness (QED) is 0.592. The minimum Gasteiger partial charge on any atom is -0.462 e. The summed E-state index contributed by atoms with van der Waals surface area (Å²) in [6.45, 7) is 3.35. The molecule has 1 heterocycles. The zero-order valence-electron chi connectivity index (χ0n) is 14.7. The molecule has 26 heavy (non-hydrogen) atoms. The summed E-state index contributed by atoms with van der Waals surface area (Å²) in [5, 5.41) is 5.31. The van der Waals surface area contributed by atoms with Crippen LogP contribution in [0, 0.1) is 5.92 Å². The maximum atomic E-state index is 12.5. The molecule has 1 aromatic rings. The molecule has 1 saturated carbocycles. The summed E-state index contributed by atoms with van der Waals surface area (Å²) >= 11 is 0. The van der Waals surface area contributed by atoms with Gasteiger partial charge >= 0.3 is 12.0 Å². The maximum absolute atomic E-state index is 12.5. The zero-order valence-corrected chi connectivity index (χ0v) is 14.7. The van der Waals surface area contributed by atoms with Crippen molar-refractivity contribution >= 4 is 29.5 Å². The Morgan fingerprint density at radius 3 is 2.50 bits per heavy atom. The van der Waals surface area contributed by atoms with Crippen molar-refractivity contribution in [2.45, 2.75) is 32.2 Å². The number of imide groups is 1. The highest BCUT2D eigenvalue weighted by molar-refractivity contribution is 6.10. The molecule has 1 aliphatic heterocycles. The van der Waals surface area contributed by atoms with Gasteiger partial charge in [-0.25, -0.2) is 9.59 Å². The molecule has 1 saturated heterocycles. The van der Waals surface area contributed by atoms with E-state index in [2.05, 4.69) is 10.6 Å². The predicted octanol–water partition coefficient (Wildman–Crippen LogP) is 1.52. The fourth-order valence-electron chi connectivity index (χ4n) is 3.04. The first-order valence-electron chi connectivity index (χ1n) is 8.56. The van der Waals surface area contributed by atoms with Crippen molar-refractivity contribution in [2.24, 2.45) is 5.92 Å². The Kier molecular flexibility index (Phi) is 4.67. The third-order valence-electron chi connectivity index (χ3n) is 4.68. The highest BCUT2D eigenvalue weighted by atomic mass is 16.5. The summed E-state index contributed by atoms with van der Waals surface area (Å²) in [4.78, 5) is 49.3. The fraction of sp³-hybridized carbons (Fsp3) is 0.444. The van der Waals surface area contributed by atoms with Gasteiger partial charge in [0.15, 0.2) is 0 Å². The third kappa shape index (κ3) is 3.40. The van der Waals surface area contributed by atoms with Gasteiger partial charge in [-0.2, -0.15) is 0 Å². The number of amides is 4. The molecule has 8 heteroatoms. The molecule has 138 valence electrons. The number of esters is 1. The van der Waals surface area contributed by atoms with Gasteiger partial charge in [0.1, 0.15) is 12.1 Å². The van der Waals surface area contributed by atoms with Crippen molar-refractivity contribution in [3.8, 4) is 0 Å². The van der Waals surface area contributed by atoms with Crippen LogP contribution in [0.25, 0.3) is 0 Å². The minimum atomic E-state index is -0.904. The van der Waals surface area contributed by atoms with Crippen molar-refractivity contribution in [2.75, 3.05) is 18.5 Å². The predicted molar refractivity (Wildman–Crippen MR) is 92.4 cm³/mol. The number of ether oxygens (including phenoxy) is 1. The average Bonchev–Trinajstić information content (AvgIpc) is 3.42. The standard InChI is InChI=1S/C18H21N3O5/c1-3-26-15(23)11-4-8-13(9-5-11)19-14(22)10-21-16(24)18(2,12-6-7-12)20-17(21)25/h4-5,8-9,12H,3,6-7,10H2,1-2H3,(H,19,22)(H,20,25). The van der Waals surface area contributed by atoms with Crippen LogP contribution in [0.5, 0.6) is 0 Å². The molecule has 2 aliphatic rings. The second-order valence-corrected chi connectivity index (χ2v) is 6.64. The Labute approximate surface area is 150 Å². The van der Waals surface area contributed by atoms with E-state index < -0.39 is 23.4 Å². The summed E-state index contributed by atoms with van der Waals surface area (Å²) in [6, 6.07) is 5.64. The van der Waals surface area contributed by atoms with Crippen LogP contribution in [0.15, 0.2) is 24.3 Å². The molecule has 8 nitrogen and oxygen atoms in total. The fourth-order valence-corrected chi connectivity index (χ4v) is 3.04. The number of anilines is 1. The van der Waals surface area contributed by atoms with Crippen LogP contribution in [-0.2, 0) is 14.3 Å². The highest BCUT2D eigenvalue weighted by Gasteiger charge is 2.56. The van der Waals surface area contributed by atoms with Crippen molar-refractivity contribution in [3.63, 3.8) is 0 Å². The molecule has 1 unspecified atom stereocenters. The lowest BCUT2D eigenvalue weighted by Crippen LogP contribution is -2.46. The second kappa shape index (κ2) is 6.78. The number of benzene rings is 1. The smallest absolute Gasteiger partial charge is 0.338 e. The molecular formula is C18H21N3O5. The van der Waals surface area contributed by atoms with Crippen molar-refractivity contribution < 1.29 is 23.9 Å². The van der Waals surface area contributed by atoms with Crippen molar-refractivity contribution in [1.29, 1.82) is 0 Å². The molecule has 4 amide bonds. The average molecular weight is 359 g/mol. The van der Waals surface area contributed by atoms with Crippen LogP contribution in [0.4, 0.5) is 10.5 Å². The summed E-state index contributed by atoms with van der Waals surface area (Å²) in [5.41, 5.74) is -0.0715. The van der Waals surface area contributed by atoms with Crippen LogP contribution >= 0.6 is 0 Å². The minimum absolute atomic E-state index is 0.141. The van der Waals surface area contributed by atoms with Crippen LogP contribution in [-0.4, -0.2) is 47.4 Å². The van der Waals surface area contributed by atoms with E-state index in [9.17, 15) is 19.2 Å². The number of nitrogens with one attached hydrogen (secondary N) is 2. The number of nitrogens with zero attached hydrogens (tertiary/aromatic N) is 1. The van der Waals surface area contributed by atoms with E-state index >= 15 is 0 Å². The third-order valence-corrected chi connectivity index (χ3v) is 4.68. The highest BCUT2D eigenvalue weighted by Crippen LogP contribution is 2.42. The van der Waals surface area contributed by atoms with E-state index in [1.165, 1.54) is 12.1 Å². The Balaban J connectivity index is 1.59. The molecule has 0 spiro atoms. The number of rotatable bonds is 6. The Morgan fingerprint density at radius 2 is 1.92 bits per heavy atom. The molecule has 0 bridgehead atoms. The number of urea groups is 1. The summed E-state index contributed by atoms with van der Waals surface area (Å²) in [6.07, 6.45) is 1.80. The van der Waals surface area contributed by atoms with Crippen LogP contribution in [0.2, 0.25) is 0 Å². The van der Waals surface area contributed by atoms with Crippen molar-refractivity contribution in [1.82, 2.24) is 10.2 Å². The number of carbonyl (C=O) groups is 4. The van der Waals surface area contributed by atoms with E-state index in [1.807, 2.05) is 0 Å². The summed E-state index contributed by atoms with van der Waals surface area (Å²) in [5.74, 6) is -1.15. The van der Waals surface area contributed by atoms with Gasteiger partial charge in [-0.15, -0.1) is 0 Å². The van der Waals surface area contributed by atoms with Gasteiger partial charge in [0.2, 0.25) is 5.91 Å². The molecule has 0 radical (unpaired) electrons. The number of hydrogen-bond acceptors (Lipinski definition) is 5. The van der Waals surface area contributed by atoms with Crippen LogP contribution in [0.1, 0.15) is 37.0 Å². The lowest BCUT2D eigenvalue weighted by molar-refractivity contribution is -0.134. The molecule has 0 aromatic heterocycles. The summed E-state index contributed by atoms with van der Waals surface area (Å²) in [7, 11) is 0. The van der Waals surface area contributed by atoms with Gasteiger partial charge in [0.05, 0.1) is 12.2 Å². The van der Waals surface area contributed by atoms with Crippen LogP contribution < -0.4 is 10.6 Å². The van der Waals surface area contributed by atoms with Gasteiger partial charge in [0, 0.05) is 5.69 Å².